The first-order valence-corrected chi connectivity index (χ1v) is 9.48. The smallest absolute Gasteiger partial charge is 0.289 e. The van der Waals surface area contributed by atoms with Gasteiger partial charge < -0.3 is 9.32 Å². The Kier molecular flexibility index (Phi) is 4.40. The van der Waals surface area contributed by atoms with E-state index in [9.17, 15) is 13.2 Å². The Bertz CT molecular complexity index is 862. The number of fused-ring (bicyclic) bond motifs is 1. The lowest BCUT2D eigenvalue weighted by Gasteiger charge is -2.29. The number of piperidine rings is 1. The third-order valence-electron chi connectivity index (χ3n) is 4.55. The second-order valence-corrected chi connectivity index (χ2v) is 8.72. The van der Waals surface area contributed by atoms with Crippen molar-refractivity contribution in [2.24, 2.45) is 5.92 Å². The average molecular weight is 350 g/mol. The molecule has 1 amide bonds. The topological polar surface area (TPSA) is 70.8 Å². The van der Waals surface area contributed by atoms with Crippen molar-refractivity contribution in [2.75, 3.05) is 27.2 Å². The van der Waals surface area contributed by atoms with Crippen LogP contribution in [0.25, 0.3) is 11.0 Å². The molecule has 6 nitrogen and oxygen atoms in total. The van der Waals surface area contributed by atoms with Gasteiger partial charge in [-0.05, 0) is 43.0 Å². The molecule has 1 aromatic heterocycles. The van der Waals surface area contributed by atoms with Gasteiger partial charge in [0.1, 0.15) is 5.58 Å². The van der Waals surface area contributed by atoms with Crippen LogP contribution >= 0.6 is 0 Å². The lowest BCUT2D eigenvalue weighted by atomic mass is 9.99. The zero-order valence-corrected chi connectivity index (χ0v) is 15.0. The van der Waals surface area contributed by atoms with Crippen LogP contribution in [-0.4, -0.2) is 50.7 Å². The van der Waals surface area contributed by atoms with E-state index in [1.807, 2.05) is 0 Å². The van der Waals surface area contributed by atoms with E-state index >= 15 is 0 Å². The molecule has 1 aliphatic rings. The Morgan fingerprint density at radius 2 is 1.88 bits per heavy atom. The average Bonchev–Trinajstić information content (AvgIpc) is 2.97. The Morgan fingerprint density at radius 1 is 1.21 bits per heavy atom. The molecule has 0 unspecified atom stereocenters. The lowest BCUT2D eigenvalue weighted by molar-refractivity contribution is 0.0667. The fraction of sp³-hybridized carbons (Fsp3) is 0.471. The highest BCUT2D eigenvalue weighted by Gasteiger charge is 2.25. The van der Waals surface area contributed by atoms with Crippen LogP contribution in [0.5, 0.6) is 0 Å². The number of benzene rings is 1. The summed E-state index contributed by atoms with van der Waals surface area (Å²) in [6.07, 6.45) is 1.99. The Balaban J connectivity index is 1.90. The Labute approximate surface area is 142 Å². The normalized spacial score (nSPS) is 16.9. The van der Waals surface area contributed by atoms with Crippen molar-refractivity contribution in [3.05, 3.63) is 30.0 Å². The van der Waals surface area contributed by atoms with Gasteiger partial charge in [-0.2, -0.15) is 0 Å². The molecule has 0 N–H and O–H groups in total. The minimum Gasteiger partial charge on any atom is -0.451 e. The number of nitrogens with zero attached hydrogens (tertiary/aromatic N) is 2. The molecule has 2 aromatic rings. The van der Waals surface area contributed by atoms with E-state index < -0.39 is 10.0 Å². The molecule has 1 saturated heterocycles. The van der Waals surface area contributed by atoms with Crippen molar-refractivity contribution in [3.63, 3.8) is 0 Å². The summed E-state index contributed by atoms with van der Waals surface area (Å²) in [5, 5.41) is 0.617. The maximum Gasteiger partial charge on any atom is 0.289 e. The molecule has 2 heterocycles. The van der Waals surface area contributed by atoms with Crippen LogP contribution in [0.4, 0.5) is 0 Å². The zero-order valence-electron chi connectivity index (χ0n) is 14.2. The van der Waals surface area contributed by atoms with Gasteiger partial charge in [0.05, 0.1) is 4.90 Å². The highest BCUT2D eigenvalue weighted by molar-refractivity contribution is 7.89. The molecule has 0 aliphatic carbocycles. The van der Waals surface area contributed by atoms with Crippen LogP contribution in [-0.2, 0) is 10.0 Å². The highest BCUT2D eigenvalue weighted by Crippen LogP contribution is 2.26. The van der Waals surface area contributed by atoms with E-state index in [4.69, 9.17) is 4.42 Å². The molecule has 0 spiro atoms. The van der Waals surface area contributed by atoms with Crippen molar-refractivity contribution in [2.45, 2.75) is 24.7 Å². The number of sulfonamides is 1. The number of rotatable bonds is 3. The van der Waals surface area contributed by atoms with Crippen molar-refractivity contribution < 1.29 is 17.6 Å². The van der Waals surface area contributed by atoms with Gasteiger partial charge in [0, 0.05) is 32.6 Å². The number of likely N-dealkylation sites (tertiary alicyclic amines) is 1. The van der Waals surface area contributed by atoms with Crippen LogP contribution in [0.15, 0.2) is 33.6 Å². The quantitative estimate of drug-likeness (QED) is 0.853. The van der Waals surface area contributed by atoms with E-state index in [-0.39, 0.29) is 16.6 Å². The maximum absolute atomic E-state index is 12.6. The number of amides is 1. The molecule has 130 valence electrons. The maximum atomic E-state index is 12.6. The Morgan fingerprint density at radius 3 is 2.50 bits per heavy atom. The summed E-state index contributed by atoms with van der Waals surface area (Å²) in [6.45, 7) is 3.66. The number of hydrogen-bond donors (Lipinski definition) is 0. The van der Waals surface area contributed by atoms with Crippen LogP contribution in [0, 0.1) is 5.92 Å². The molecular weight excluding hydrogens is 328 g/mol. The van der Waals surface area contributed by atoms with E-state index in [2.05, 4.69) is 6.92 Å². The van der Waals surface area contributed by atoms with Crippen molar-refractivity contribution in [1.29, 1.82) is 0 Å². The van der Waals surface area contributed by atoms with Gasteiger partial charge in [0.2, 0.25) is 10.0 Å². The summed E-state index contributed by atoms with van der Waals surface area (Å²) in [4.78, 5) is 14.6. The summed E-state index contributed by atoms with van der Waals surface area (Å²) in [5.41, 5.74) is 0.515. The first-order chi connectivity index (χ1) is 11.3. The Hall–Kier alpha value is -1.86. The third kappa shape index (κ3) is 3.06. The second kappa shape index (κ2) is 6.22. The highest BCUT2D eigenvalue weighted by atomic mass is 32.2. The number of furan rings is 1. The van der Waals surface area contributed by atoms with Gasteiger partial charge in [-0.15, -0.1) is 0 Å². The lowest BCUT2D eigenvalue weighted by Crippen LogP contribution is -2.37. The fourth-order valence-corrected chi connectivity index (χ4v) is 3.80. The van der Waals surface area contributed by atoms with Crippen LogP contribution < -0.4 is 0 Å². The monoisotopic (exact) mass is 350 g/mol. The van der Waals surface area contributed by atoms with Crippen LogP contribution in [0.3, 0.4) is 0 Å². The second-order valence-electron chi connectivity index (χ2n) is 6.57. The molecule has 0 radical (unpaired) electrons. The summed E-state index contributed by atoms with van der Waals surface area (Å²) >= 11 is 0. The molecule has 1 fully saturated rings. The molecule has 1 aromatic carbocycles. The van der Waals surface area contributed by atoms with Gasteiger partial charge in [-0.25, -0.2) is 12.7 Å². The fourth-order valence-electron chi connectivity index (χ4n) is 2.87. The number of carbonyl (C=O) groups excluding carboxylic acids is 1. The predicted octanol–water partition coefficient (Wildman–Crippen LogP) is 2.56. The SMILES string of the molecule is CC1CCN(C(=O)c2cc3cc(S(=O)(=O)N(C)C)ccc3o2)CC1. The predicted molar refractivity (Wildman–Crippen MR) is 91.4 cm³/mol. The van der Waals surface area contributed by atoms with Gasteiger partial charge >= 0.3 is 0 Å². The minimum absolute atomic E-state index is 0.130. The molecule has 0 saturated carbocycles. The van der Waals surface area contributed by atoms with Crippen molar-refractivity contribution >= 4 is 26.9 Å². The van der Waals surface area contributed by atoms with Crippen molar-refractivity contribution in [1.82, 2.24) is 9.21 Å². The van der Waals surface area contributed by atoms with Gasteiger partial charge in [0.15, 0.2) is 5.76 Å². The first kappa shape index (κ1) is 17.0. The summed E-state index contributed by atoms with van der Waals surface area (Å²) in [5.74, 6) is 0.776. The van der Waals surface area contributed by atoms with E-state index in [1.165, 1.54) is 20.2 Å². The molecule has 0 atom stereocenters. The van der Waals surface area contributed by atoms with Crippen molar-refractivity contribution in [3.8, 4) is 0 Å². The van der Waals surface area contributed by atoms with E-state index in [1.54, 1.807) is 23.1 Å². The minimum atomic E-state index is -3.51. The summed E-state index contributed by atoms with van der Waals surface area (Å²) in [6, 6.07) is 6.27. The molecule has 3 rings (SSSR count). The summed E-state index contributed by atoms with van der Waals surface area (Å²) in [7, 11) is -0.535. The largest absolute Gasteiger partial charge is 0.451 e. The number of hydrogen-bond acceptors (Lipinski definition) is 4. The van der Waals surface area contributed by atoms with Crippen LogP contribution in [0.2, 0.25) is 0 Å². The van der Waals surface area contributed by atoms with Gasteiger partial charge in [-0.1, -0.05) is 6.92 Å². The first-order valence-electron chi connectivity index (χ1n) is 8.04. The van der Waals surface area contributed by atoms with E-state index in [0.29, 0.717) is 16.9 Å². The molecule has 7 heteroatoms. The zero-order chi connectivity index (χ0) is 17.5. The standard InChI is InChI=1S/C17H22N2O4S/c1-12-6-8-19(9-7-12)17(20)16-11-13-10-14(4-5-15(13)23-16)24(21,22)18(2)3/h4-5,10-12H,6-9H2,1-3H3. The van der Waals surface area contributed by atoms with E-state index in [0.717, 1.165) is 30.2 Å². The molecule has 0 bridgehead atoms. The van der Waals surface area contributed by atoms with Crippen LogP contribution in [0.1, 0.15) is 30.3 Å². The number of carbonyl (C=O) groups is 1. The van der Waals surface area contributed by atoms with Gasteiger partial charge in [-0.3, -0.25) is 4.79 Å². The molecule has 24 heavy (non-hydrogen) atoms. The summed E-state index contributed by atoms with van der Waals surface area (Å²) < 4.78 is 31.2. The third-order valence-corrected chi connectivity index (χ3v) is 6.36. The van der Waals surface area contributed by atoms with Gasteiger partial charge in [0.25, 0.3) is 5.91 Å². The molecular formula is C17H22N2O4S. The molecule has 1 aliphatic heterocycles.